The molecule has 2 unspecified atom stereocenters. The normalized spacial score (nSPS) is 18.5. The summed E-state index contributed by atoms with van der Waals surface area (Å²) in [5.41, 5.74) is -3.46. The molecule has 0 bridgehead atoms. The predicted octanol–water partition coefficient (Wildman–Crippen LogP) is 1.06. The number of hydrogen-bond acceptors (Lipinski definition) is 6. The zero-order chi connectivity index (χ0) is 21.5. The topological polar surface area (TPSA) is 74.2 Å². The van der Waals surface area contributed by atoms with Crippen LogP contribution in [0.4, 0.5) is 0 Å². The van der Waals surface area contributed by atoms with Crippen molar-refractivity contribution in [3.63, 3.8) is 0 Å². The number of esters is 1. The lowest BCUT2D eigenvalue weighted by atomic mass is 9.72. The summed E-state index contributed by atoms with van der Waals surface area (Å²) in [6.45, 7) is 17.8. The summed E-state index contributed by atoms with van der Waals surface area (Å²) in [5.74, 6) is -0.545. The molecule has 2 atom stereocenters. The van der Waals surface area contributed by atoms with Gasteiger partial charge in [0.2, 0.25) is 0 Å². The van der Waals surface area contributed by atoms with Crippen molar-refractivity contribution in [3.05, 3.63) is 12.7 Å². The Morgan fingerprint density at radius 2 is 1.70 bits per heavy atom. The molecule has 0 aliphatic carbocycles. The van der Waals surface area contributed by atoms with Gasteiger partial charge in [0.25, 0.3) is 0 Å². The van der Waals surface area contributed by atoms with Crippen LogP contribution in [0.25, 0.3) is 0 Å². The van der Waals surface area contributed by atoms with Gasteiger partial charge < -0.3 is 23.4 Å². The molecule has 0 saturated heterocycles. The second-order valence-electron chi connectivity index (χ2n) is 9.05. The summed E-state index contributed by atoms with van der Waals surface area (Å²) in [7, 11) is -0.211. The predicted molar refractivity (Wildman–Crippen MR) is 119 cm³/mol. The van der Waals surface area contributed by atoms with Crippen molar-refractivity contribution in [2.45, 2.75) is 89.3 Å². The Balaban J connectivity index is 5.81. The molecule has 160 valence electrons. The van der Waals surface area contributed by atoms with Gasteiger partial charge in [-0.25, -0.2) is 4.79 Å². The lowest BCUT2D eigenvalue weighted by Gasteiger charge is -2.51. The first kappa shape index (κ1) is 26.7. The monoisotopic (exact) mass is 436 g/mol. The molecular weight excluding hydrogens is 396 g/mol. The number of carbonyl (C=O) groups excluding carboxylic acids is 1. The van der Waals surface area contributed by atoms with Crippen molar-refractivity contribution in [1.29, 1.82) is 0 Å². The third-order valence-electron chi connectivity index (χ3n) is 5.29. The van der Waals surface area contributed by atoms with E-state index in [-0.39, 0.29) is 6.29 Å². The maximum atomic E-state index is 12.1. The van der Waals surface area contributed by atoms with Gasteiger partial charge in [-0.05, 0) is 40.2 Å². The minimum absolute atomic E-state index is 0.321. The highest BCUT2D eigenvalue weighted by Crippen LogP contribution is 2.42. The highest BCUT2D eigenvalue weighted by atomic mass is 28.3. The molecule has 0 saturated carbocycles. The van der Waals surface area contributed by atoms with Crippen molar-refractivity contribution in [2.75, 3.05) is 6.61 Å². The second kappa shape index (κ2) is 10.5. The Bertz CT molecular complexity index is 484. The molecule has 6 nitrogen and oxygen atoms in total. The Hall–Kier alpha value is -0.299. The van der Waals surface area contributed by atoms with E-state index < -0.39 is 30.8 Å². The molecule has 0 spiro atoms. The lowest BCUT2D eigenvalue weighted by molar-refractivity contribution is -0.255. The zero-order valence-corrected chi connectivity index (χ0v) is 23.7. The summed E-state index contributed by atoms with van der Waals surface area (Å²) in [4.78, 5) is 12.1. The smallest absolute Gasteiger partial charge is 0.330 e. The van der Waals surface area contributed by atoms with E-state index in [4.69, 9.17) is 18.3 Å². The molecule has 0 fully saturated rings. The standard InChI is InChI=1S/C18H40O6Si3/c1-9-14(19)22-17(4,11-10-15(23-25)24-26)18(5,16(2,3)20)21-12-13-27(6,7)8/h9,15,20H,1,10-13H2,2-8,25-26H3. The van der Waals surface area contributed by atoms with Gasteiger partial charge in [-0.3, -0.25) is 0 Å². The fraction of sp³-hybridized carbons (Fsp3) is 0.833. The Labute approximate surface area is 172 Å². The Morgan fingerprint density at radius 1 is 1.19 bits per heavy atom. The summed E-state index contributed by atoms with van der Waals surface area (Å²) in [6.07, 6.45) is 1.78. The summed E-state index contributed by atoms with van der Waals surface area (Å²) in [5, 5.41) is 11.0. The van der Waals surface area contributed by atoms with E-state index in [1.165, 1.54) is 0 Å². The van der Waals surface area contributed by atoms with Crippen LogP contribution in [-0.4, -0.2) is 69.8 Å². The van der Waals surface area contributed by atoms with Gasteiger partial charge in [-0.1, -0.05) is 26.2 Å². The molecular formula is C18H40O6Si3. The number of ether oxygens (including phenoxy) is 2. The molecule has 0 aliphatic heterocycles. The van der Waals surface area contributed by atoms with E-state index in [2.05, 4.69) is 26.2 Å². The minimum Gasteiger partial charge on any atom is -0.453 e. The molecule has 9 heteroatoms. The van der Waals surface area contributed by atoms with Crippen molar-refractivity contribution in [3.8, 4) is 0 Å². The fourth-order valence-electron chi connectivity index (χ4n) is 2.91. The molecule has 0 aromatic rings. The summed E-state index contributed by atoms with van der Waals surface area (Å²) < 4.78 is 23.0. The Morgan fingerprint density at radius 3 is 2.07 bits per heavy atom. The highest BCUT2D eigenvalue weighted by Gasteiger charge is 2.57. The molecule has 0 rings (SSSR count). The van der Waals surface area contributed by atoms with Crippen LogP contribution in [0.15, 0.2) is 12.7 Å². The molecule has 0 heterocycles. The van der Waals surface area contributed by atoms with Gasteiger partial charge >= 0.3 is 5.97 Å². The van der Waals surface area contributed by atoms with Crippen LogP contribution in [-0.2, 0) is 23.1 Å². The largest absolute Gasteiger partial charge is 0.453 e. The first-order chi connectivity index (χ1) is 12.2. The van der Waals surface area contributed by atoms with E-state index in [1.807, 2.05) is 6.92 Å². The molecule has 1 N–H and O–H groups in total. The van der Waals surface area contributed by atoms with E-state index in [0.29, 0.717) is 40.4 Å². The van der Waals surface area contributed by atoms with Gasteiger partial charge in [0.05, 0.1) is 5.60 Å². The van der Waals surface area contributed by atoms with Crippen LogP contribution in [0, 0.1) is 0 Å². The van der Waals surface area contributed by atoms with E-state index in [1.54, 1.807) is 20.8 Å². The first-order valence-electron chi connectivity index (χ1n) is 9.43. The zero-order valence-electron chi connectivity index (χ0n) is 18.7. The number of aliphatic hydroxyl groups is 1. The maximum Gasteiger partial charge on any atom is 0.330 e. The van der Waals surface area contributed by atoms with E-state index in [9.17, 15) is 9.90 Å². The van der Waals surface area contributed by atoms with Crippen LogP contribution in [0.5, 0.6) is 0 Å². The molecule has 0 aromatic heterocycles. The van der Waals surface area contributed by atoms with Crippen molar-refractivity contribution in [2.24, 2.45) is 0 Å². The average molecular weight is 437 g/mol. The molecule has 0 radical (unpaired) electrons. The molecule has 0 aliphatic rings. The van der Waals surface area contributed by atoms with Crippen LogP contribution >= 0.6 is 0 Å². The van der Waals surface area contributed by atoms with Gasteiger partial charge in [-0.2, -0.15) is 0 Å². The van der Waals surface area contributed by atoms with E-state index in [0.717, 1.165) is 12.1 Å². The maximum absolute atomic E-state index is 12.1. The van der Waals surface area contributed by atoms with Crippen molar-refractivity contribution < 1.29 is 28.2 Å². The van der Waals surface area contributed by atoms with Gasteiger partial charge in [0.15, 0.2) is 0 Å². The Kier molecular flexibility index (Phi) is 10.4. The van der Waals surface area contributed by atoms with Crippen LogP contribution in [0.1, 0.15) is 40.5 Å². The van der Waals surface area contributed by atoms with E-state index >= 15 is 0 Å². The fourth-order valence-corrected chi connectivity index (χ4v) is 4.87. The average Bonchev–Trinajstić information content (AvgIpc) is 2.53. The first-order valence-corrected chi connectivity index (χ1v) is 14.8. The lowest BCUT2D eigenvalue weighted by Crippen LogP contribution is -2.65. The summed E-state index contributed by atoms with van der Waals surface area (Å²) in [6, 6.07) is 0.945. The van der Waals surface area contributed by atoms with Crippen LogP contribution in [0.2, 0.25) is 25.7 Å². The molecule has 0 aromatic carbocycles. The van der Waals surface area contributed by atoms with Crippen molar-refractivity contribution in [1.82, 2.24) is 0 Å². The second-order valence-corrected chi connectivity index (χ2v) is 15.6. The van der Waals surface area contributed by atoms with Gasteiger partial charge in [0, 0.05) is 27.2 Å². The van der Waals surface area contributed by atoms with Crippen LogP contribution in [0.3, 0.4) is 0 Å². The van der Waals surface area contributed by atoms with Crippen LogP contribution < -0.4 is 0 Å². The van der Waals surface area contributed by atoms with Gasteiger partial charge in [0.1, 0.15) is 38.5 Å². The minimum atomic E-state index is -1.32. The van der Waals surface area contributed by atoms with Gasteiger partial charge in [-0.15, -0.1) is 0 Å². The third kappa shape index (κ3) is 7.92. The number of hydrogen-bond donors (Lipinski definition) is 1. The molecule has 27 heavy (non-hydrogen) atoms. The highest BCUT2D eigenvalue weighted by molar-refractivity contribution is 6.76. The number of carbonyl (C=O) groups is 1. The third-order valence-corrected chi connectivity index (χ3v) is 8.05. The molecule has 0 amide bonds. The quantitative estimate of drug-likeness (QED) is 0.201. The number of rotatable bonds is 13. The summed E-state index contributed by atoms with van der Waals surface area (Å²) >= 11 is 0. The SMILES string of the molecule is C=CC(=O)OC(C)(CCC(O[SiH3])O[SiH3])C(C)(OCC[Si](C)(C)C)C(C)(C)O. The van der Waals surface area contributed by atoms with Crippen molar-refractivity contribution >= 4 is 35.0 Å².